The highest BCUT2D eigenvalue weighted by molar-refractivity contribution is 9.10. The Morgan fingerprint density at radius 3 is 2.82 bits per heavy atom. The summed E-state index contributed by atoms with van der Waals surface area (Å²) >= 11 is 3.40. The Kier molecular flexibility index (Phi) is 2.71. The zero-order chi connectivity index (χ0) is 8.27. The lowest BCUT2D eigenvalue weighted by molar-refractivity contribution is 0.483. The number of halogens is 1. The van der Waals surface area contributed by atoms with Gasteiger partial charge in [0, 0.05) is 4.47 Å². The molecular formula is C9H9BrO. The molecule has 0 saturated carbocycles. The van der Waals surface area contributed by atoms with Crippen LogP contribution in [0.15, 0.2) is 35.5 Å². The first kappa shape index (κ1) is 8.34. The van der Waals surface area contributed by atoms with Gasteiger partial charge >= 0.3 is 0 Å². The van der Waals surface area contributed by atoms with Crippen molar-refractivity contribution >= 4 is 15.9 Å². The van der Waals surface area contributed by atoms with Crippen molar-refractivity contribution in [3.8, 4) is 5.75 Å². The smallest absolute Gasteiger partial charge is 0.127 e. The van der Waals surface area contributed by atoms with Crippen molar-refractivity contribution in [3.63, 3.8) is 0 Å². The van der Waals surface area contributed by atoms with Crippen molar-refractivity contribution in [3.05, 3.63) is 41.1 Å². The molecule has 1 nitrogen and oxygen atoms in total. The molecule has 2 heteroatoms. The fourth-order valence-corrected chi connectivity index (χ4v) is 1.10. The van der Waals surface area contributed by atoms with E-state index in [0.29, 0.717) is 0 Å². The molecule has 0 fully saturated rings. The van der Waals surface area contributed by atoms with Crippen LogP contribution in [0.5, 0.6) is 5.75 Å². The zero-order valence-corrected chi connectivity index (χ0v) is 7.89. The van der Waals surface area contributed by atoms with E-state index in [9.17, 15) is 0 Å². The molecule has 1 aromatic rings. The van der Waals surface area contributed by atoms with E-state index in [1.54, 1.807) is 0 Å². The van der Waals surface area contributed by atoms with Gasteiger partial charge in [-0.1, -0.05) is 28.6 Å². The molecule has 1 aromatic carbocycles. The molecule has 58 valence electrons. The van der Waals surface area contributed by atoms with Crippen molar-refractivity contribution in [1.82, 2.24) is 0 Å². The molecule has 0 atom stereocenters. The van der Waals surface area contributed by atoms with Gasteiger partial charge < -0.3 is 4.74 Å². The molecule has 1 rings (SSSR count). The lowest BCUT2D eigenvalue weighted by atomic mass is 10.2. The molecule has 0 unspecified atom stereocenters. The number of hydrogen-bond donors (Lipinski definition) is 0. The van der Waals surface area contributed by atoms with Crippen LogP contribution in [-0.2, 0) is 0 Å². The van der Waals surface area contributed by atoms with Gasteiger partial charge in [-0.3, -0.25) is 0 Å². The first-order chi connectivity index (χ1) is 5.24. The largest absolute Gasteiger partial charge is 0.466 e. The van der Waals surface area contributed by atoms with Crippen LogP contribution in [0.1, 0.15) is 5.56 Å². The van der Waals surface area contributed by atoms with Gasteiger partial charge in [-0.2, -0.15) is 0 Å². The van der Waals surface area contributed by atoms with E-state index >= 15 is 0 Å². The maximum absolute atomic E-state index is 5.08. The highest BCUT2D eigenvalue weighted by atomic mass is 79.9. The van der Waals surface area contributed by atoms with Crippen molar-refractivity contribution in [2.45, 2.75) is 6.92 Å². The van der Waals surface area contributed by atoms with E-state index in [1.165, 1.54) is 11.8 Å². The quantitative estimate of drug-likeness (QED) is 0.685. The van der Waals surface area contributed by atoms with Gasteiger partial charge in [-0.25, -0.2) is 0 Å². The molecule has 0 bridgehead atoms. The molecule has 0 heterocycles. The Labute approximate surface area is 74.8 Å². The number of rotatable bonds is 2. The summed E-state index contributed by atoms with van der Waals surface area (Å²) in [7, 11) is 0. The molecule has 0 amide bonds. The second-order valence-electron chi connectivity index (χ2n) is 2.20. The fraction of sp³-hybridized carbons (Fsp3) is 0.111. The number of aryl methyl sites for hydroxylation is 1. The fourth-order valence-electron chi connectivity index (χ4n) is 0.743. The standard InChI is InChI=1S/C9H9BrO/c1-3-11-8-5-4-7(2)9(10)6-8/h3-6H,1H2,2H3. The van der Waals surface area contributed by atoms with Crippen molar-refractivity contribution < 1.29 is 4.74 Å². The summed E-state index contributed by atoms with van der Waals surface area (Å²) in [5.74, 6) is 0.803. The van der Waals surface area contributed by atoms with E-state index in [4.69, 9.17) is 4.74 Å². The van der Waals surface area contributed by atoms with Gasteiger partial charge in [0.1, 0.15) is 5.75 Å². The van der Waals surface area contributed by atoms with Crippen LogP contribution in [0, 0.1) is 6.92 Å². The minimum absolute atomic E-state index is 0.803. The third-order valence-electron chi connectivity index (χ3n) is 1.36. The van der Waals surface area contributed by atoms with E-state index in [0.717, 1.165) is 10.2 Å². The minimum Gasteiger partial charge on any atom is -0.466 e. The molecule has 0 saturated heterocycles. The Morgan fingerprint density at radius 1 is 1.55 bits per heavy atom. The van der Waals surface area contributed by atoms with Gasteiger partial charge in [-0.05, 0) is 24.6 Å². The van der Waals surface area contributed by atoms with E-state index < -0.39 is 0 Å². The van der Waals surface area contributed by atoms with E-state index in [1.807, 2.05) is 25.1 Å². The first-order valence-corrected chi connectivity index (χ1v) is 4.07. The average Bonchev–Trinajstić information content (AvgIpc) is 1.98. The van der Waals surface area contributed by atoms with E-state index in [2.05, 4.69) is 22.5 Å². The predicted molar refractivity (Wildman–Crippen MR) is 49.7 cm³/mol. The summed E-state index contributed by atoms with van der Waals surface area (Å²) in [5, 5.41) is 0. The molecular weight excluding hydrogens is 204 g/mol. The van der Waals surface area contributed by atoms with Gasteiger partial charge in [0.05, 0.1) is 6.26 Å². The monoisotopic (exact) mass is 212 g/mol. The Balaban J connectivity index is 2.95. The summed E-state index contributed by atoms with van der Waals surface area (Å²) in [6, 6.07) is 5.81. The molecule has 0 aliphatic heterocycles. The lowest BCUT2D eigenvalue weighted by Crippen LogP contribution is -1.81. The van der Waals surface area contributed by atoms with Crippen LogP contribution >= 0.6 is 15.9 Å². The molecule has 0 spiro atoms. The maximum Gasteiger partial charge on any atom is 0.127 e. The van der Waals surface area contributed by atoms with Crippen LogP contribution < -0.4 is 4.74 Å². The second-order valence-corrected chi connectivity index (χ2v) is 3.05. The maximum atomic E-state index is 5.08. The van der Waals surface area contributed by atoms with Gasteiger partial charge in [0.15, 0.2) is 0 Å². The van der Waals surface area contributed by atoms with Gasteiger partial charge in [0.2, 0.25) is 0 Å². The third kappa shape index (κ3) is 2.09. The van der Waals surface area contributed by atoms with Crippen molar-refractivity contribution in [2.75, 3.05) is 0 Å². The van der Waals surface area contributed by atoms with Gasteiger partial charge in [-0.15, -0.1) is 0 Å². The normalized spacial score (nSPS) is 9.27. The topological polar surface area (TPSA) is 9.23 Å². The minimum atomic E-state index is 0.803. The lowest BCUT2D eigenvalue weighted by Gasteiger charge is -2.01. The van der Waals surface area contributed by atoms with E-state index in [-0.39, 0.29) is 0 Å². The van der Waals surface area contributed by atoms with Crippen molar-refractivity contribution in [1.29, 1.82) is 0 Å². The second kappa shape index (κ2) is 3.58. The zero-order valence-electron chi connectivity index (χ0n) is 6.30. The molecule has 0 radical (unpaired) electrons. The molecule has 0 aliphatic rings. The SMILES string of the molecule is C=COc1ccc(C)c(Br)c1. The van der Waals surface area contributed by atoms with Crippen LogP contribution in [0.3, 0.4) is 0 Å². The summed E-state index contributed by atoms with van der Waals surface area (Å²) in [5.41, 5.74) is 1.20. The third-order valence-corrected chi connectivity index (χ3v) is 2.22. The molecule has 0 N–H and O–H groups in total. The summed E-state index contributed by atoms with van der Waals surface area (Å²) in [6.07, 6.45) is 1.41. The van der Waals surface area contributed by atoms with Crippen LogP contribution in [0.25, 0.3) is 0 Å². The van der Waals surface area contributed by atoms with Crippen LogP contribution in [0.2, 0.25) is 0 Å². The highest BCUT2D eigenvalue weighted by Gasteiger charge is 1.95. The van der Waals surface area contributed by atoms with Gasteiger partial charge in [0.25, 0.3) is 0 Å². The van der Waals surface area contributed by atoms with Crippen LogP contribution in [0.4, 0.5) is 0 Å². The number of benzene rings is 1. The first-order valence-electron chi connectivity index (χ1n) is 3.28. The molecule has 0 aliphatic carbocycles. The summed E-state index contributed by atoms with van der Waals surface area (Å²) < 4.78 is 6.13. The Bertz CT molecular complexity index is 268. The Hall–Kier alpha value is -0.760. The summed E-state index contributed by atoms with van der Waals surface area (Å²) in [4.78, 5) is 0. The summed E-state index contributed by atoms with van der Waals surface area (Å²) in [6.45, 7) is 5.50. The predicted octanol–water partition coefficient (Wildman–Crippen LogP) is 3.28. The Morgan fingerprint density at radius 2 is 2.27 bits per heavy atom. The van der Waals surface area contributed by atoms with Crippen LogP contribution in [-0.4, -0.2) is 0 Å². The molecule has 0 aromatic heterocycles. The average molecular weight is 213 g/mol. The number of hydrogen-bond acceptors (Lipinski definition) is 1. The molecule has 11 heavy (non-hydrogen) atoms. The highest BCUT2D eigenvalue weighted by Crippen LogP contribution is 2.22. The number of ether oxygens (including phenoxy) is 1. The van der Waals surface area contributed by atoms with Crippen molar-refractivity contribution in [2.24, 2.45) is 0 Å².